The zero-order valence-electron chi connectivity index (χ0n) is 6.89. The second-order valence-corrected chi connectivity index (χ2v) is 2.98. The molecule has 1 radical (unpaired) electrons. The summed E-state index contributed by atoms with van der Waals surface area (Å²) in [6.45, 7) is 7.53. The standard InChI is InChI=1S/C10H12F/c1-7(2)9-6-4-5-8(3)10(9)11/h4-7H,3H2,1-2H3. The Morgan fingerprint density at radius 2 is 2.00 bits per heavy atom. The van der Waals surface area contributed by atoms with Crippen molar-refractivity contribution >= 4 is 0 Å². The van der Waals surface area contributed by atoms with Crippen LogP contribution in [0.15, 0.2) is 18.2 Å². The van der Waals surface area contributed by atoms with Crippen LogP contribution in [0.5, 0.6) is 0 Å². The van der Waals surface area contributed by atoms with Crippen molar-refractivity contribution in [2.24, 2.45) is 0 Å². The monoisotopic (exact) mass is 151 g/mol. The summed E-state index contributed by atoms with van der Waals surface area (Å²) >= 11 is 0. The first kappa shape index (κ1) is 8.25. The summed E-state index contributed by atoms with van der Waals surface area (Å²) in [5, 5.41) is 0. The molecule has 1 rings (SSSR count). The Morgan fingerprint density at radius 1 is 1.36 bits per heavy atom. The maximum atomic E-state index is 13.2. The SMILES string of the molecule is [CH2]c1cccc(C(C)C)c1F. The van der Waals surface area contributed by atoms with Crippen molar-refractivity contribution < 1.29 is 4.39 Å². The molecule has 0 heterocycles. The van der Waals surface area contributed by atoms with Crippen molar-refractivity contribution in [3.05, 3.63) is 42.1 Å². The number of rotatable bonds is 1. The van der Waals surface area contributed by atoms with Crippen LogP contribution in [0.4, 0.5) is 4.39 Å². The molecule has 0 aliphatic carbocycles. The zero-order valence-corrected chi connectivity index (χ0v) is 6.89. The lowest BCUT2D eigenvalue weighted by atomic mass is 10.0. The van der Waals surface area contributed by atoms with Crippen LogP contribution in [0.2, 0.25) is 0 Å². The van der Waals surface area contributed by atoms with Gasteiger partial charge in [-0.1, -0.05) is 32.0 Å². The maximum Gasteiger partial charge on any atom is 0.129 e. The maximum absolute atomic E-state index is 13.2. The van der Waals surface area contributed by atoms with Crippen molar-refractivity contribution in [1.82, 2.24) is 0 Å². The van der Waals surface area contributed by atoms with Crippen LogP contribution in [-0.2, 0) is 0 Å². The van der Waals surface area contributed by atoms with E-state index in [4.69, 9.17) is 0 Å². The molecule has 0 nitrogen and oxygen atoms in total. The molecule has 0 aliphatic heterocycles. The van der Waals surface area contributed by atoms with Crippen molar-refractivity contribution in [1.29, 1.82) is 0 Å². The molecule has 0 N–H and O–H groups in total. The van der Waals surface area contributed by atoms with Gasteiger partial charge in [-0.2, -0.15) is 0 Å². The Kier molecular flexibility index (Phi) is 2.28. The second kappa shape index (κ2) is 3.04. The average Bonchev–Trinajstić information content (AvgIpc) is 1.94. The molecule has 0 atom stereocenters. The number of hydrogen-bond acceptors (Lipinski definition) is 0. The van der Waals surface area contributed by atoms with Crippen molar-refractivity contribution in [3.8, 4) is 0 Å². The normalized spacial score (nSPS) is 10.6. The van der Waals surface area contributed by atoms with Gasteiger partial charge < -0.3 is 0 Å². The minimum Gasteiger partial charge on any atom is -0.206 e. The van der Waals surface area contributed by atoms with Gasteiger partial charge in [0.25, 0.3) is 0 Å². The van der Waals surface area contributed by atoms with Gasteiger partial charge in [-0.15, -0.1) is 0 Å². The molecule has 0 amide bonds. The molecule has 1 heteroatoms. The minimum absolute atomic E-state index is 0.164. The van der Waals surface area contributed by atoms with Crippen LogP contribution < -0.4 is 0 Å². The van der Waals surface area contributed by atoms with Gasteiger partial charge >= 0.3 is 0 Å². The van der Waals surface area contributed by atoms with E-state index in [9.17, 15) is 4.39 Å². The highest BCUT2D eigenvalue weighted by atomic mass is 19.1. The number of benzene rings is 1. The van der Waals surface area contributed by atoms with Gasteiger partial charge in [0, 0.05) is 0 Å². The predicted molar refractivity (Wildman–Crippen MR) is 44.9 cm³/mol. The van der Waals surface area contributed by atoms with Gasteiger partial charge in [0.05, 0.1) is 0 Å². The van der Waals surface area contributed by atoms with Crippen molar-refractivity contribution in [2.75, 3.05) is 0 Å². The highest BCUT2D eigenvalue weighted by Gasteiger charge is 2.06. The topological polar surface area (TPSA) is 0 Å². The van der Waals surface area contributed by atoms with E-state index in [0.717, 1.165) is 5.56 Å². The minimum atomic E-state index is -0.164. The third-order valence-corrected chi connectivity index (χ3v) is 1.73. The molecular formula is C10H12F. The van der Waals surface area contributed by atoms with E-state index in [2.05, 4.69) is 6.92 Å². The predicted octanol–water partition coefficient (Wildman–Crippen LogP) is 3.13. The van der Waals surface area contributed by atoms with E-state index in [1.54, 1.807) is 12.1 Å². The van der Waals surface area contributed by atoms with Gasteiger partial charge in [0.15, 0.2) is 0 Å². The van der Waals surface area contributed by atoms with Crippen LogP contribution in [-0.4, -0.2) is 0 Å². The van der Waals surface area contributed by atoms with Crippen LogP contribution in [0.3, 0.4) is 0 Å². The quantitative estimate of drug-likeness (QED) is 0.578. The third-order valence-electron chi connectivity index (χ3n) is 1.73. The summed E-state index contributed by atoms with van der Waals surface area (Å²) in [6.07, 6.45) is 0. The second-order valence-electron chi connectivity index (χ2n) is 2.98. The molecule has 1 aromatic carbocycles. The molecule has 0 saturated carbocycles. The lowest BCUT2D eigenvalue weighted by Crippen LogP contribution is -1.94. The van der Waals surface area contributed by atoms with Crippen molar-refractivity contribution in [2.45, 2.75) is 19.8 Å². The van der Waals surface area contributed by atoms with Gasteiger partial charge in [0.2, 0.25) is 0 Å². The molecule has 0 spiro atoms. The van der Waals surface area contributed by atoms with E-state index in [1.807, 2.05) is 19.9 Å². The van der Waals surface area contributed by atoms with E-state index >= 15 is 0 Å². The summed E-state index contributed by atoms with van der Waals surface area (Å²) in [4.78, 5) is 0. The van der Waals surface area contributed by atoms with E-state index in [0.29, 0.717) is 5.56 Å². The Bertz CT molecular complexity index is 251. The van der Waals surface area contributed by atoms with E-state index in [1.165, 1.54) is 0 Å². The fourth-order valence-electron chi connectivity index (χ4n) is 1.05. The lowest BCUT2D eigenvalue weighted by molar-refractivity contribution is 0.593. The molecular weight excluding hydrogens is 139 g/mol. The molecule has 0 aliphatic rings. The molecule has 0 bridgehead atoms. The van der Waals surface area contributed by atoms with Crippen LogP contribution in [0.1, 0.15) is 30.9 Å². The first-order valence-electron chi connectivity index (χ1n) is 3.73. The van der Waals surface area contributed by atoms with E-state index in [-0.39, 0.29) is 11.7 Å². The lowest BCUT2D eigenvalue weighted by Gasteiger charge is -2.07. The number of hydrogen-bond donors (Lipinski definition) is 0. The Hall–Kier alpha value is -0.850. The third kappa shape index (κ3) is 1.59. The Labute approximate surface area is 67.1 Å². The fourth-order valence-corrected chi connectivity index (χ4v) is 1.05. The zero-order chi connectivity index (χ0) is 8.43. The molecule has 0 aromatic heterocycles. The molecule has 0 unspecified atom stereocenters. The van der Waals surface area contributed by atoms with E-state index < -0.39 is 0 Å². The molecule has 1 aromatic rings. The van der Waals surface area contributed by atoms with Gasteiger partial charge in [-0.3, -0.25) is 0 Å². The molecule has 0 fully saturated rings. The molecule has 0 saturated heterocycles. The Balaban J connectivity index is 3.17. The van der Waals surface area contributed by atoms with Crippen LogP contribution in [0.25, 0.3) is 0 Å². The smallest absolute Gasteiger partial charge is 0.129 e. The first-order chi connectivity index (χ1) is 5.13. The average molecular weight is 151 g/mol. The molecule has 11 heavy (non-hydrogen) atoms. The number of halogens is 1. The van der Waals surface area contributed by atoms with Gasteiger partial charge in [-0.05, 0) is 24.0 Å². The van der Waals surface area contributed by atoms with Gasteiger partial charge in [-0.25, -0.2) is 4.39 Å². The van der Waals surface area contributed by atoms with Crippen LogP contribution in [0, 0.1) is 12.7 Å². The summed E-state index contributed by atoms with van der Waals surface area (Å²) in [7, 11) is 0. The summed E-state index contributed by atoms with van der Waals surface area (Å²) in [5.41, 5.74) is 1.23. The Morgan fingerprint density at radius 3 is 2.45 bits per heavy atom. The van der Waals surface area contributed by atoms with Crippen molar-refractivity contribution in [3.63, 3.8) is 0 Å². The largest absolute Gasteiger partial charge is 0.206 e. The van der Waals surface area contributed by atoms with Crippen LogP contribution >= 0.6 is 0 Å². The summed E-state index contributed by atoms with van der Waals surface area (Å²) in [5.74, 6) is 0.0687. The highest BCUT2D eigenvalue weighted by Crippen LogP contribution is 2.19. The summed E-state index contributed by atoms with van der Waals surface area (Å²) < 4.78 is 13.2. The van der Waals surface area contributed by atoms with Gasteiger partial charge in [0.1, 0.15) is 5.82 Å². The highest BCUT2D eigenvalue weighted by molar-refractivity contribution is 5.29. The molecule has 59 valence electrons. The fraction of sp³-hybridized carbons (Fsp3) is 0.300. The summed E-state index contributed by atoms with van der Waals surface area (Å²) in [6, 6.07) is 5.32. The first-order valence-corrected chi connectivity index (χ1v) is 3.73.